The molecule has 0 spiro atoms. The number of hydrogen-bond acceptors (Lipinski definition) is 3. The number of aromatic hydroxyl groups is 1. The molecule has 1 fully saturated rings. The fraction of sp³-hybridized carbons (Fsp3) is 0.455. The Morgan fingerprint density at radius 3 is 2.93 bits per heavy atom. The Kier molecular flexibility index (Phi) is 2.59. The molecular formula is C11H16N2O. The maximum atomic E-state index is 9.38. The van der Waals surface area contributed by atoms with Crippen LogP contribution in [0.5, 0.6) is 5.75 Å². The summed E-state index contributed by atoms with van der Waals surface area (Å²) in [5.41, 5.74) is 7.67. The Morgan fingerprint density at radius 2 is 2.21 bits per heavy atom. The summed E-state index contributed by atoms with van der Waals surface area (Å²) >= 11 is 0. The van der Waals surface area contributed by atoms with Crippen LogP contribution in [0.4, 0.5) is 5.69 Å². The summed E-state index contributed by atoms with van der Waals surface area (Å²) < 4.78 is 0. The predicted octanol–water partition coefficient (Wildman–Crippen LogP) is 1.79. The number of anilines is 1. The summed E-state index contributed by atoms with van der Waals surface area (Å²) in [6.45, 7) is 1.04. The number of nitrogen functional groups attached to an aromatic ring is 1. The van der Waals surface area contributed by atoms with Crippen LogP contribution in [0.25, 0.3) is 0 Å². The second kappa shape index (κ2) is 3.88. The molecule has 0 radical (unpaired) electrons. The zero-order valence-corrected chi connectivity index (χ0v) is 8.16. The van der Waals surface area contributed by atoms with E-state index in [2.05, 4.69) is 5.32 Å². The molecule has 14 heavy (non-hydrogen) atoms. The van der Waals surface area contributed by atoms with E-state index in [1.54, 1.807) is 18.2 Å². The third-order valence-corrected chi connectivity index (χ3v) is 2.76. The number of nitrogens with two attached hydrogens (primary N) is 1. The van der Waals surface area contributed by atoms with E-state index < -0.39 is 0 Å². The van der Waals surface area contributed by atoms with E-state index >= 15 is 0 Å². The zero-order valence-electron chi connectivity index (χ0n) is 8.16. The molecule has 1 aliphatic heterocycles. The Hall–Kier alpha value is -1.22. The van der Waals surface area contributed by atoms with Crippen molar-refractivity contribution in [2.24, 2.45) is 0 Å². The van der Waals surface area contributed by atoms with E-state index in [9.17, 15) is 5.11 Å². The third kappa shape index (κ3) is 1.82. The smallest absolute Gasteiger partial charge is 0.116 e. The normalized spacial score (nSPS) is 22.1. The molecular weight excluding hydrogens is 176 g/mol. The first kappa shape index (κ1) is 9.34. The van der Waals surface area contributed by atoms with Crippen molar-refractivity contribution in [3.05, 3.63) is 23.8 Å². The van der Waals surface area contributed by atoms with Crippen molar-refractivity contribution in [2.75, 3.05) is 12.3 Å². The molecule has 0 saturated carbocycles. The van der Waals surface area contributed by atoms with Crippen molar-refractivity contribution in [3.63, 3.8) is 0 Å². The van der Waals surface area contributed by atoms with Gasteiger partial charge in [0.05, 0.1) is 0 Å². The van der Waals surface area contributed by atoms with Gasteiger partial charge in [0.2, 0.25) is 0 Å². The molecule has 0 amide bonds. The van der Waals surface area contributed by atoms with Crippen molar-refractivity contribution in [1.82, 2.24) is 5.32 Å². The number of phenols is 1. The van der Waals surface area contributed by atoms with Gasteiger partial charge >= 0.3 is 0 Å². The highest BCUT2D eigenvalue weighted by Gasteiger charge is 2.17. The first-order valence-electron chi connectivity index (χ1n) is 5.09. The van der Waals surface area contributed by atoms with Crippen molar-refractivity contribution >= 4 is 5.69 Å². The van der Waals surface area contributed by atoms with Crippen molar-refractivity contribution in [1.29, 1.82) is 0 Å². The minimum Gasteiger partial charge on any atom is -0.508 e. The molecule has 1 aromatic rings. The average Bonchev–Trinajstić information content (AvgIpc) is 2.23. The first-order valence-corrected chi connectivity index (χ1v) is 5.09. The minimum atomic E-state index is 0.293. The lowest BCUT2D eigenvalue weighted by atomic mass is 9.96. The molecule has 0 bridgehead atoms. The van der Waals surface area contributed by atoms with Gasteiger partial charge in [0, 0.05) is 11.7 Å². The summed E-state index contributed by atoms with van der Waals surface area (Å²) in [5.74, 6) is 0.293. The minimum absolute atomic E-state index is 0.293. The van der Waals surface area contributed by atoms with Crippen molar-refractivity contribution in [3.8, 4) is 5.75 Å². The Labute approximate surface area is 83.9 Å². The number of rotatable bonds is 1. The highest BCUT2D eigenvalue weighted by Crippen LogP contribution is 2.29. The number of piperidine rings is 1. The van der Waals surface area contributed by atoms with Gasteiger partial charge in [-0.15, -0.1) is 0 Å². The fourth-order valence-corrected chi connectivity index (χ4v) is 1.98. The van der Waals surface area contributed by atoms with Gasteiger partial charge < -0.3 is 16.2 Å². The van der Waals surface area contributed by atoms with Crippen LogP contribution in [-0.2, 0) is 0 Å². The summed E-state index contributed by atoms with van der Waals surface area (Å²) in [7, 11) is 0. The summed E-state index contributed by atoms with van der Waals surface area (Å²) in [6, 6.07) is 5.47. The lowest BCUT2D eigenvalue weighted by Gasteiger charge is -2.25. The van der Waals surface area contributed by atoms with E-state index in [-0.39, 0.29) is 0 Å². The van der Waals surface area contributed by atoms with Crippen LogP contribution in [0.1, 0.15) is 30.9 Å². The van der Waals surface area contributed by atoms with Gasteiger partial charge in [-0.25, -0.2) is 0 Å². The van der Waals surface area contributed by atoms with Crippen LogP contribution in [0, 0.1) is 0 Å². The molecule has 4 N–H and O–H groups in total. The average molecular weight is 192 g/mol. The van der Waals surface area contributed by atoms with Crippen LogP contribution < -0.4 is 11.1 Å². The maximum absolute atomic E-state index is 9.38. The van der Waals surface area contributed by atoms with Crippen LogP contribution in [0.2, 0.25) is 0 Å². The number of nitrogens with one attached hydrogen (secondary N) is 1. The Morgan fingerprint density at radius 1 is 1.36 bits per heavy atom. The molecule has 1 atom stereocenters. The highest BCUT2D eigenvalue weighted by atomic mass is 16.3. The largest absolute Gasteiger partial charge is 0.508 e. The van der Waals surface area contributed by atoms with E-state index in [1.807, 2.05) is 0 Å². The molecule has 1 heterocycles. The second-order valence-corrected chi connectivity index (χ2v) is 3.82. The summed E-state index contributed by atoms with van der Waals surface area (Å²) in [6.07, 6.45) is 3.57. The molecule has 76 valence electrons. The molecule has 1 aliphatic rings. The standard InChI is InChI=1S/C11H16N2O/c12-10-5-4-8(14)7-9(10)11-3-1-2-6-13-11/h4-5,7,11,13-14H,1-3,6,12H2. The first-order chi connectivity index (χ1) is 6.77. The van der Waals surface area contributed by atoms with Gasteiger partial charge in [0.1, 0.15) is 5.75 Å². The monoisotopic (exact) mass is 192 g/mol. The van der Waals surface area contributed by atoms with Gasteiger partial charge in [-0.2, -0.15) is 0 Å². The van der Waals surface area contributed by atoms with E-state index in [1.165, 1.54) is 12.8 Å². The Bertz CT molecular complexity index is 319. The van der Waals surface area contributed by atoms with Crippen molar-refractivity contribution in [2.45, 2.75) is 25.3 Å². The lowest BCUT2D eigenvalue weighted by Crippen LogP contribution is -2.27. The number of phenolic OH excluding ortho intramolecular Hbond substituents is 1. The van der Waals surface area contributed by atoms with E-state index in [0.29, 0.717) is 11.8 Å². The van der Waals surface area contributed by atoms with E-state index in [4.69, 9.17) is 5.73 Å². The molecule has 1 saturated heterocycles. The molecule has 1 aromatic carbocycles. The third-order valence-electron chi connectivity index (χ3n) is 2.76. The molecule has 2 rings (SSSR count). The molecule has 1 unspecified atom stereocenters. The maximum Gasteiger partial charge on any atom is 0.116 e. The second-order valence-electron chi connectivity index (χ2n) is 3.82. The molecule has 0 aliphatic carbocycles. The SMILES string of the molecule is Nc1ccc(O)cc1C1CCCCN1. The fourth-order valence-electron chi connectivity index (χ4n) is 1.98. The predicted molar refractivity (Wildman–Crippen MR) is 57.1 cm³/mol. The van der Waals surface area contributed by atoms with Gasteiger partial charge in [-0.1, -0.05) is 6.42 Å². The molecule has 3 heteroatoms. The van der Waals surface area contributed by atoms with Gasteiger partial charge in [0.15, 0.2) is 0 Å². The lowest BCUT2D eigenvalue weighted by molar-refractivity contribution is 0.410. The van der Waals surface area contributed by atoms with Gasteiger partial charge in [-0.3, -0.25) is 0 Å². The van der Waals surface area contributed by atoms with Gasteiger partial charge in [-0.05, 0) is 43.1 Å². The zero-order chi connectivity index (χ0) is 9.97. The quantitative estimate of drug-likeness (QED) is 0.469. The van der Waals surface area contributed by atoms with Crippen LogP contribution in [0.15, 0.2) is 18.2 Å². The molecule has 3 nitrogen and oxygen atoms in total. The summed E-state index contributed by atoms with van der Waals surface area (Å²) in [4.78, 5) is 0. The van der Waals surface area contributed by atoms with Crippen LogP contribution in [-0.4, -0.2) is 11.7 Å². The highest BCUT2D eigenvalue weighted by molar-refractivity contribution is 5.51. The summed E-state index contributed by atoms with van der Waals surface area (Å²) in [5, 5.41) is 12.8. The van der Waals surface area contributed by atoms with E-state index in [0.717, 1.165) is 24.2 Å². The topological polar surface area (TPSA) is 58.3 Å². The van der Waals surface area contributed by atoms with Crippen LogP contribution >= 0.6 is 0 Å². The van der Waals surface area contributed by atoms with Gasteiger partial charge in [0.25, 0.3) is 0 Å². The van der Waals surface area contributed by atoms with Crippen LogP contribution in [0.3, 0.4) is 0 Å². The van der Waals surface area contributed by atoms with Crippen molar-refractivity contribution < 1.29 is 5.11 Å². The molecule has 0 aromatic heterocycles. The number of hydrogen-bond donors (Lipinski definition) is 3. The number of benzene rings is 1. The Balaban J connectivity index is 2.24.